The second-order valence-corrected chi connectivity index (χ2v) is 4.64. The maximum Gasteiger partial charge on any atom is 0.325 e. The standard InChI is InChI=1S/C12H23NO3/c1-9(2)13-11(12(14)15-3)8-16-10-6-4-5-7-10/h9-11,13H,4-8H2,1-3H3. The molecule has 0 aromatic rings. The number of rotatable bonds is 6. The molecule has 16 heavy (non-hydrogen) atoms. The number of carbonyl (C=O) groups is 1. The van der Waals surface area contributed by atoms with Crippen molar-refractivity contribution >= 4 is 5.97 Å². The molecule has 0 saturated heterocycles. The number of carbonyl (C=O) groups excluding carboxylic acids is 1. The Morgan fingerprint density at radius 1 is 1.38 bits per heavy atom. The molecule has 0 aromatic carbocycles. The van der Waals surface area contributed by atoms with Gasteiger partial charge in [0.2, 0.25) is 0 Å². The number of ether oxygens (including phenoxy) is 2. The Hall–Kier alpha value is -0.610. The van der Waals surface area contributed by atoms with Crippen LogP contribution in [0.25, 0.3) is 0 Å². The Morgan fingerprint density at radius 2 is 2.00 bits per heavy atom. The van der Waals surface area contributed by atoms with E-state index in [1.54, 1.807) is 0 Å². The van der Waals surface area contributed by atoms with Crippen LogP contribution in [0.3, 0.4) is 0 Å². The molecule has 0 heterocycles. The summed E-state index contributed by atoms with van der Waals surface area (Å²) in [6, 6.07) is -0.0955. The monoisotopic (exact) mass is 229 g/mol. The quantitative estimate of drug-likeness (QED) is 0.701. The molecule has 1 atom stereocenters. The lowest BCUT2D eigenvalue weighted by molar-refractivity contribution is -0.145. The first kappa shape index (κ1) is 13.5. The summed E-state index contributed by atoms with van der Waals surface area (Å²) in [4.78, 5) is 11.5. The van der Waals surface area contributed by atoms with Crippen molar-refractivity contribution in [3.63, 3.8) is 0 Å². The Balaban J connectivity index is 2.33. The second kappa shape index (κ2) is 6.86. The van der Waals surface area contributed by atoms with E-state index in [4.69, 9.17) is 9.47 Å². The van der Waals surface area contributed by atoms with Crippen LogP contribution in [0.2, 0.25) is 0 Å². The number of hydrogen-bond donors (Lipinski definition) is 1. The van der Waals surface area contributed by atoms with Gasteiger partial charge in [-0.15, -0.1) is 0 Å². The van der Waals surface area contributed by atoms with Gasteiger partial charge < -0.3 is 14.8 Å². The van der Waals surface area contributed by atoms with Gasteiger partial charge in [-0.25, -0.2) is 0 Å². The van der Waals surface area contributed by atoms with E-state index in [1.807, 2.05) is 13.8 Å². The van der Waals surface area contributed by atoms with Crippen molar-refractivity contribution < 1.29 is 14.3 Å². The van der Waals surface area contributed by atoms with Crippen molar-refractivity contribution in [3.05, 3.63) is 0 Å². The van der Waals surface area contributed by atoms with Gasteiger partial charge in [-0.2, -0.15) is 0 Å². The normalized spacial score (nSPS) is 19.0. The lowest BCUT2D eigenvalue weighted by Crippen LogP contribution is -2.45. The first-order chi connectivity index (χ1) is 7.63. The molecule has 1 aliphatic carbocycles. The summed E-state index contributed by atoms with van der Waals surface area (Å²) in [6.07, 6.45) is 5.06. The van der Waals surface area contributed by atoms with E-state index < -0.39 is 0 Å². The van der Waals surface area contributed by atoms with E-state index in [0.29, 0.717) is 12.7 Å². The highest BCUT2D eigenvalue weighted by molar-refractivity contribution is 5.75. The summed E-state index contributed by atoms with van der Waals surface area (Å²) in [7, 11) is 1.41. The minimum Gasteiger partial charge on any atom is -0.468 e. The number of methoxy groups -OCH3 is 1. The maximum absolute atomic E-state index is 11.5. The average Bonchev–Trinajstić information content (AvgIpc) is 2.75. The van der Waals surface area contributed by atoms with Gasteiger partial charge in [-0.1, -0.05) is 26.7 Å². The third kappa shape index (κ3) is 4.49. The largest absolute Gasteiger partial charge is 0.468 e. The average molecular weight is 229 g/mol. The lowest BCUT2D eigenvalue weighted by Gasteiger charge is -2.21. The molecule has 4 nitrogen and oxygen atoms in total. The highest BCUT2D eigenvalue weighted by atomic mass is 16.5. The molecular formula is C12H23NO3. The molecule has 0 bridgehead atoms. The third-order valence-electron chi connectivity index (χ3n) is 2.82. The van der Waals surface area contributed by atoms with Gasteiger partial charge in [0.1, 0.15) is 6.04 Å². The molecule has 1 aliphatic rings. The summed E-state index contributed by atoms with van der Waals surface area (Å²) in [6.45, 7) is 4.42. The van der Waals surface area contributed by atoms with E-state index in [-0.39, 0.29) is 18.1 Å². The van der Waals surface area contributed by atoms with Crippen LogP contribution in [0.5, 0.6) is 0 Å². The molecule has 0 aromatic heterocycles. The first-order valence-corrected chi connectivity index (χ1v) is 6.09. The zero-order valence-corrected chi connectivity index (χ0v) is 10.5. The molecular weight excluding hydrogens is 206 g/mol. The van der Waals surface area contributed by atoms with Gasteiger partial charge in [0, 0.05) is 6.04 Å². The molecule has 1 N–H and O–H groups in total. The molecule has 0 radical (unpaired) electrons. The Kier molecular flexibility index (Phi) is 5.77. The van der Waals surface area contributed by atoms with Crippen LogP contribution >= 0.6 is 0 Å². The highest BCUT2D eigenvalue weighted by Crippen LogP contribution is 2.20. The Labute approximate surface area is 97.7 Å². The van der Waals surface area contributed by atoms with Gasteiger partial charge >= 0.3 is 5.97 Å². The van der Waals surface area contributed by atoms with E-state index in [2.05, 4.69) is 5.32 Å². The lowest BCUT2D eigenvalue weighted by atomic mass is 10.2. The number of hydrogen-bond acceptors (Lipinski definition) is 4. The maximum atomic E-state index is 11.5. The molecule has 1 saturated carbocycles. The van der Waals surface area contributed by atoms with Crippen molar-refractivity contribution in [3.8, 4) is 0 Å². The first-order valence-electron chi connectivity index (χ1n) is 6.09. The second-order valence-electron chi connectivity index (χ2n) is 4.64. The van der Waals surface area contributed by atoms with Crippen LogP contribution in [0.1, 0.15) is 39.5 Å². The zero-order valence-electron chi connectivity index (χ0n) is 10.5. The predicted molar refractivity (Wildman–Crippen MR) is 62.3 cm³/mol. The van der Waals surface area contributed by atoms with E-state index in [0.717, 1.165) is 12.8 Å². The van der Waals surface area contributed by atoms with Crippen LogP contribution in [0, 0.1) is 0 Å². The fraction of sp³-hybridized carbons (Fsp3) is 0.917. The van der Waals surface area contributed by atoms with Gasteiger partial charge in [0.05, 0.1) is 19.8 Å². The van der Waals surface area contributed by atoms with Crippen molar-refractivity contribution in [2.45, 2.75) is 57.7 Å². The fourth-order valence-electron chi connectivity index (χ4n) is 2.02. The third-order valence-corrected chi connectivity index (χ3v) is 2.82. The van der Waals surface area contributed by atoms with Crippen molar-refractivity contribution in [1.29, 1.82) is 0 Å². The van der Waals surface area contributed by atoms with Crippen molar-refractivity contribution in [2.24, 2.45) is 0 Å². The molecule has 94 valence electrons. The van der Waals surface area contributed by atoms with E-state index in [9.17, 15) is 4.79 Å². The number of nitrogens with one attached hydrogen (secondary N) is 1. The SMILES string of the molecule is COC(=O)C(COC1CCCC1)NC(C)C. The van der Waals surface area contributed by atoms with Crippen LogP contribution in [-0.4, -0.2) is 37.9 Å². The van der Waals surface area contributed by atoms with Gasteiger partial charge in [-0.05, 0) is 12.8 Å². The van der Waals surface area contributed by atoms with E-state index in [1.165, 1.54) is 20.0 Å². The van der Waals surface area contributed by atoms with Gasteiger partial charge in [0.25, 0.3) is 0 Å². The summed E-state index contributed by atoms with van der Waals surface area (Å²) in [5.41, 5.74) is 0. The summed E-state index contributed by atoms with van der Waals surface area (Å²) in [5.74, 6) is -0.244. The summed E-state index contributed by atoms with van der Waals surface area (Å²) >= 11 is 0. The zero-order chi connectivity index (χ0) is 12.0. The Bertz CT molecular complexity index is 212. The minimum absolute atomic E-state index is 0.244. The summed E-state index contributed by atoms with van der Waals surface area (Å²) in [5, 5.41) is 3.15. The van der Waals surface area contributed by atoms with Gasteiger partial charge in [0.15, 0.2) is 0 Å². The molecule has 1 unspecified atom stereocenters. The van der Waals surface area contributed by atoms with Crippen LogP contribution in [0.15, 0.2) is 0 Å². The topological polar surface area (TPSA) is 47.6 Å². The van der Waals surface area contributed by atoms with Crippen LogP contribution < -0.4 is 5.32 Å². The van der Waals surface area contributed by atoms with E-state index >= 15 is 0 Å². The molecule has 0 aliphatic heterocycles. The predicted octanol–water partition coefficient (Wildman–Crippen LogP) is 1.49. The van der Waals surface area contributed by atoms with Crippen molar-refractivity contribution in [2.75, 3.05) is 13.7 Å². The summed E-state index contributed by atoms with van der Waals surface area (Å²) < 4.78 is 10.5. The highest BCUT2D eigenvalue weighted by Gasteiger charge is 2.23. The fourth-order valence-corrected chi connectivity index (χ4v) is 2.02. The van der Waals surface area contributed by atoms with Crippen molar-refractivity contribution in [1.82, 2.24) is 5.32 Å². The molecule has 0 amide bonds. The van der Waals surface area contributed by atoms with Gasteiger partial charge in [-0.3, -0.25) is 4.79 Å². The smallest absolute Gasteiger partial charge is 0.325 e. The molecule has 1 fully saturated rings. The number of esters is 1. The molecule has 1 rings (SSSR count). The van der Waals surface area contributed by atoms with Crippen LogP contribution in [0.4, 0.5) is 0 Å². The molecule has 4 heteroatoms. The van der Waals surface area contributed by atoms with Crippen LogP contribution in [-0.2, 0) is 14.3 Å². The minimum atomic E-state index is -0.342. The molecule has 0 spiro atoms. The Morgan fingerprint density at radius 3 is 2.50 bits per heavy atom.